The van der Waals surface area contributed by atoms with Gasteiger partial charge < -0.3 is 10.1 Å². The van der Waals surface area contributed by atoms with Gasteiger partial charge in [0.25, 0.3) is 0 Å². The average Bonchev–Trinajstić information content (AvgIpc) is 3.14. The van der Waals surface area contributed by atoms with Crippen molar-refractivity contribution < 1.29 is 22.7 Å². The monoisotopic (exact) mass is 476 g/mol. The minimum absolute atomic E-state index is 0.192. The van der Waals surface area contributed by atoms with Crippen LogP contribution in [0.25, 0.3) is 0 Å². The second-order valence-corrected chi connectivity index (χ2v) is 9.50. The lowest BCUT2D eigenvalue weighted by Gasteiger charge is -2.48. The lowest BCUT2D eigenvalue weighted by molar-refractivity contribution is -0.141. The van der Waals surface area contributed by atoms with Crippen LogP contribution in [-0.2, 0) is 18.1 Å². The number of benzene rings is 1. The average molecular weight is 477 g/mol. The van der Waals surface area contributed by atoms with Crippen molar-refractivity contribution in [3.05, 3.63) is 53.3 Å². The molecule has 1 N–H and O–H groups in total. The molecule has 184 valence electrons. The molecule has 1 aromatic carbocycles. The van der Waals surface area contributed by atoms with Crippen LogP contribution in [0.4, 0.5) is 23.7 Å². The zero-order valence-corrected chi connectivity index (χ0v) is 20.0. The highest BCUT2D eigenvalue weighted by atomic mass is 19.4. The minimum Gasteiger partial charge on any atom is -0.497 e. The molecule has 2 aliphatic rings. The molecule has 2 amide bonds. The van der Waals surface area contributed by atoms with E-state index < -0.39 is 17.4 Å². The van der Waals surface area contributed by atoms with E-state index >= 15 is 0 Å². The molecule has 1 spiro atoms. The van der Waals surface area contributed by atoms with Crippen LogP contribution in [0.15, 0.2) is 36.5 Å². The Morgan fingerprint density at radius 1 is 1.18 bits per heavy atom. The molecule has 1 saturated heterocycles. The molecule has 0 radical (unpaired) electrons. The van der Waals surface area contributed by atoms with Crippen LogP contribution < -0.4 is 15.0 Å². The normalized spacial score (nSPS) is 25.2. The summed E-state index contributed by atoms with van der Waals surface area (Å²) in [6.07, 6.45) is 0.192. The highest BCUT2D eigenvalue weighted by Gasteiger charge is 2.50. The number of aryl methyl sites for hydroxylation is 1. The number of aromatic nitrogens is 1. The number of alkyl halides is 3. The number of carbonyl (C=O) groups is 1. The van der Waals surface area contributed by atoms with E-state index in [0.29, 0.717) is 24.2 Å². The first-order valence-electron chi connectivity index (χ1n) is 11.5. The van der Waals surface area contributed by atoms with Crippen LogP contribution in [0.2, 0.25) is 0 Å². The number of hydrogen-bond donors (Lipinski definition) is 1. The van der Waals surface area contributed by atoms with Crippen LogP contribution in [-0.4, -0.2) is 49.2 Å². The number of methoxy groups -OCH3 is 1. The van der Waals surface area contributed by atoms with E-state index in [-0.39, 0.29) is 11.6 Å². The fourth-order valence-electron chi connectivity index (χ4n) is 5.41. The topological polar surface area (TPSA) is 57.7 Å². The molecule has 1 aliphatic heterocycles. The summed E-state index contributed by atoms with van der Waals surface area (Å²) < 4.78 is 44.8. The number of pyridine rings is 1. The number of anilines is 1. The number of halogens is 3. The van der Waals surface area contributed by atoms with Gasteiger partial charge in [-0.2, -0.15) is 13.2 Å². The van der Waals surface area contributed by atoms with Gasteiger partial charge in [0.1, 0.15) is 11.4 Å². The molecule has 0 unspecified atom stereocenters. The van der Waals surface area contributed by atoms with E-state index in [4.69, 9.17) is 4.74 Å². The van der Waals surface area contributed by atoms with Gasteiger partial charge in [-0.15, -0.1) is 0 Å². The molecule has 1 saturated carbocycles. The maximum absolute atomic E-state index is 13.1. The number of rotatable bonds is 5. The van der Waals surface area contributed by atoms with Crippen molar-refractivity contribution in [3.8, 4) is 5.75 Å². The fourth-order valence-corrected chi connectivity index (χ4v) is 5.41. The van der Waals surface area contributed by atoms with E-state index in [2.05, 4.69) is 41.4 Å². The molecule has 1 aromatic heterocycles. The molecule has 4 rings (SSSR count). The Kier molecular flexibility index (Phi) is 6.27. The Bertz CT molecular complexity index is 1060. The van der Waals surface area contributed by atoms with Crippen LogP contribution in [0.5, 0.6) is 5.75 Å². The molecule has 6 nitrogen and oxygen atoms in total. The zero-order valence-electron chi connectivity index (χ0n) is 20.0. The van der Waals surface area contributed by atoms with Crippen LogP contribution in [0, 0.1) is 0 Å². The van der Waals surface area contributed by atoms with Gasteiger partial charge in [-0.3, -0.25) is 9.80 Å². The van der Waals surface area contributed by atoms with Crippen LogP contribution >= 0.6 is 0 Å². The predicted molar refractivity (Wildman–Crippen MR) is 124 cm³/mol. The third-order valence-electron chi connectivity index (χ3n) is 7.50. The Morgan fingerprint density at radius 3 is 2.47 bits per heavy atom. The Hall–Kier alpha value is -2.81. The third kappa shape index (κ3) is 4.21. The van der Waals surface area contributed by atoms with Crippen molar-refractivity contribution >= 4 is 11.7 Å². The van der Waals surface area contributed by atoms with E-state index in [9.17, 15) is 18.0 Å². The highest BCUT2D eigenvalue weighted by Crippen LogP contribution is 2.47. The number of carbonyl (C=O) groups excluding carboxylic acids is 1. The standard InChI is InChI=1S/C25H31F3N4O2/c1-5-17-13-21(25(26,27)28)29-15-20(17)32-16-23(30-22(32)33)9-11-24(12-10-23,31(2)3)18-7-6-8-19(14-18)34-4/h6-8,13-15H,5,9-12,16H2,1-4H3,(H,30,33). The summed E-state index contributed by atoms with van der Waals surface area (Å²) in [5, 5.41) is 3.16. The van der Waals surface area contributed by atoms with Gasteiger partial charge in [0.2, 0.25) is 0 Å². The first-order valence-corrected chi connectivity index (χ1v) is 11.5. The van der Waals surface area contributed by atoms with Crippen LogP contribution in [0.3, 0.4) is 0 Å². The first kappa shape index (κ1) is 24.3. The van der Waals surface area contributed by atoms with Gasteiger partial charge in [0.05, 0.1) is 31.1 Å². The smallest absolute Gasteiger partial charge is 0.433 e. The summed E-state index contributed by atoms with van der Waals surface area (Å²) in [5.74, 6) is 0.807. The van der Waals surface area contributed by atoms with E-state index in [1.807, 2.05) is 12.1 Å². The number of urea groups is 1. The minimum atomic E-state index is -4.52. The van der Waals surface area contributed by atoms with Crippen molar-refractivity contribution in [1.82, 2.24) is 15.2 Å². The van der Waals surface area contributed by atoms with Gasteiger partial charge in [-0.1, -0.05) is 19.1 Å². The molecule has 0 atom stereocenters. The fraction of sp³-hybridized carbons (Fsp3) is 0.520. The van der Waals surface area contributed by atoms with Crippen molar-refractivity contribution in [3.63, 3.8) is 0 Å². The predicted octanol–water partition coefficient (Wildman–Crippen LogP) is 4.97. The number of amides is 2. The van der Waals surface area contributed by atoms with Crippen molar-refractivity contribution in [2.75, 3.05) is 32.6 Å². The lowest BCUT2D eigenvalue weighted by atomic mass is 9.69. The van der Waals surface area contributed by atoms with Gasteiger partial charge in [-0.05, 0) is 75.5 Å². The van der Waals surface area contributed by atoms with Crippen molar-refractivity contribution in [2.24, 2.45) is 0 Å². The van der Waals surface area contributed by atoms with Gasteiger partial charge >= 0.3 is 12.2 Å². The van der Waals surface area contributed by atoms with Gasteiger partial charge in [0.15, 0.2) is 0 Å². The number of nitrogens with zero attached hydrogens (tertiary/aromatic N) is 3. The van der Waals surface area contributed by atoms with E-state index in [0.717, 1.165) is 37.5 Å². The van der Waals surface area contributed by atoms with Crippen LogP contribution in [0.1, 0.15) is 49.4 Å². The maximum atomic E-state index is 13.1. The lowest BCUT2D eigenvalue weighted by Crippen LogP contribution is -2.54. The third-order valence-corrected chi connectivity index (χ3v) is 7.50. The van der Waals surface area contributed by atoms with Crippen molar-refractivity contribution in [1.29, 1.82) is 0 Å². The summed E-state index contributed by atoms with van der Waals surface area (Å²) in [6, 6.07) is 8.87. The molecule has 2 fully saturated rings. The summed E-state index contributed by atoms with van der Waals surface area (Å²) in [4.78, 5) is 20.4. The van der Waals surface area contributed by atoms with E-state index in [1.54, 1.807) is 18.9 Å². The molecule has 34 heavy (non-hydrogen) atoms. The second kappa shape index (κ2) is 8.76. The first-order chi connectivity index (χ1) is 16.0. The zero-order chi connectivity index (χ0) is 24.7. The SMILES string of the molecule is CCc1cc(C(F)(F)F)ncc1N1CC2(CCC(c3cccc(OC)c3)(N(C)C)CC2)NC1=O. The number of ether oxygens (including phenoxy) is 1. The molecular formula is C25H31F3N4O2. The summed E-state index contributed by atoms with van der Waals surface area (Å²) >= 11 is 0. The largest absolute Gasteiger partial charge is 0.497 e. The van der Waals surface area contributed by atoms with E-state index in [1.165, 1.54) is 11.8 Å². The summed E-state index contributed by atoms with van der Waals surface area (Å²) in [5.41, 5.74) is 0.527. The van der Waals surface area contributed by atoms with Gasteiger partial charge in [-0.25, -0.2) is 9.78 Å². The quantitative estimate of drug-likeness (QED) is 0.662. The molecular weight excluding hydrogens is 445 g/mol. The highest BCUT2D eigenvalue weighted by molar-refractivity contribution is 5.96. The Labute approximate surface area is 198 Å². The second-order valence-electron chi connectivity index (χ2n) is 9.50. The number of hydrogen-bond acceptors (Lipinski definition) is 4. The summed E-state index contributed by atoms with van der Waals surface area (Å²) in [7, 11) is 5.79. The number of nitrogens with one attached hydrogen (secondary N) is 1. The molecule has 2 aromatic rings. The maximum Gasteiger partial charge on any atom is 0.433 e. The van der Waals surface area contributed by atoms with Gasteiger partial charge in [0, 0.05) is 5.54 Å². The Morgan fingerprint density at radius 2 is 1.88 bits per heavy atom. The molecule has 9 heteroatoms. The Balaban J connectivity index is 1.58. The molecule has 2 heterocycles. The van der Waals surface area contributed by atoms with Crippen molar-refractivity contribution in [2.45, 2.75) is 56.3 Å². The molecule has 0 bridgehead atoms. The summed E-state index contributed by atoms with van der Waals surface area (Å²) in [6.45, 7) is 2.19. The molecule has 1 aliphatic carbocycles.